The summed E-state index contributed by atoms with van der Waals surface area (Å²) < 4.78 is 24.8. The molecule has 1 heterocycles. The van der Waals surface area contributed by atoms with E-state index in [1.165, 1.54) is 0 Å². The van der Waals surface area contributed by atoms with Crippen LogP contribution < -0.4 is 0 Å². The summed E-state index contributed by atoms with van der Waals surface area (Å²) in [5.41, 5.74) is -0.733. The number of alkyl halides is 3. The van der Waals surface area contributed by atoms with Crippen molar-refractivity contribution in [1.29, 1.82) is 0 Å². The quantitative estimate of drug-likeness (QED) is 0.365. The second-order valence-corrected chi connectivity index (χ2v) is 3.86. The Labute approximate surface area is 102 Å². The van der Waals surface area contributed by atoms with Gasteiger partial charge in [0, 0.05) is 0 Å². The maximum atomic E-state index is 12.4. The first-order valence-electron chi connectivity index (χ1n) is 3.64. The highest BCUT2D eigenvalue weighted by atomic mass is 127. The zero-order valence-electron chi connectivity index (χ0n) is 7.08. The van der Waals surface area contributed by atoms with Crippen LogP contribution in [-0.4, -0.2) is 9.91 Å². The van der Waals surface area contributed by atoms with E-state index in [4.69, 9.17) is 11.6 Å². The molecule has 1 rings (SSSR count). The number of rotatable bonds is 3. The average molecular weight is 348 g/mol. The van der Waals surface area contributed by atoms with E-state index in [9.17, 15) is 18.9 Å². The topological polar surface area (TPSA) is 56.0 Å². The van der Waals surface area contributed by atoms with E-state index in [2.05, 4.69) is 4.98 Å². The van der Waals surface area contributed by atoms with Gasteiger partial charge in [-0.1, -0.05) is 0 Å². The molecule has 8 heteroatoms. The minimum absolute atomic E-state index is 0.0480. The van der Waals surface area contributed by atoms with E-state index >= 15 is 0 Å². The fourth-order valence-electron chi connectivity index (χ4n) is 0.969. The Bertz CT molecular complexity index is 403. The van der Waals surface area contributed by atoms with Gasteiger partial charge in [0.15, 0.2) is 0 Å². The molecule has 0 saturated carbocycles. The number of hydrogen-bond donors (Lipinski definition) is 0. The number of nitro groups is 1. The Kier molecular flexibility index (Phi) is 4.14. The fourth-order valence-corrected chi connectivity index (χ4v) is 2.31. The van der Waals surface area contributed by atoms with Crippen molar-refractivity contribution < 1.29 is 13.7 Å². The van der Waals surface area contributed by atoms with E-state index in [-0.39, 0.29) is 20.7 Å². The molecule has 0 spiro atoms. The lowest BCUT2D eigenvalue weighted by molar-refractivity contribution is -0.385. The molecule has 0 aliphatic rings. The molecule has 1 aromatic rings. The van der Waals surface area contributed by atoms with Crippen LogP contribution in [0.2, 0.25) is 0 Å². The third-order valence-electron chi connectivity index (χ3n) is 1.66. The van der Waals surface area contributed by atoms with Crippen molar-refractivity contribution in [2.45, 2.75) is 12.3 Å². The molecule has 0 aliphatic carbocycles. The number of pyridine rings is 1. The monoisotopic (exact) mass is 348 g/mol. The van der Waals surface area contributed by atoms with Gasteiger partial charge in [0.2, 0.25) is 0 Å². The second-order valence-electron chi connectivity index (χ2n) is 2.51. The first kappa shape index (κ1) is 12.5. The van der Waals surface area contributed by atoms with Gasteiger partial charge in [0.1, 0.15) is 11.9 Å². The number of halogens is 4. The summed E-state index contributed by atoms with van der Waals surface area (Å²) in [4.78, 5) is 13.2. The van der Waals surface area contributed by atoms with Crippen molar-refractivity contribution in [2.24, 2.45) is 0 Å². The molecule has 0 aromatic carbocycles. The van der Waals surface area contributed by atoms with Crippen LogP contribution in [0.3, 0.4) is 0 Å². The lowest BCUT2D eigenvalue weighted by atomic mass is 10.2. The maximum absolute atomic E-state index is 12.4. The summed E-state index contributed by atoms with van der Waals surface area (Å²) in [6, 6.07) is 0. The minimum atomic E-state index is -2.76. The van der Waals surface area contributed by atoms with E-state index in [1.54, 1.807) is 22.6 Å². The van der Waals surface area contributed by atoms with Gasteiger partial charge in [-0.15, -0.1) is 11.6 Å². The molecule has 0 fully saturated rings. The predicted octanol–water partition coefficient (Wildman–Crippen LogP) is 3.27. The van der Waals surface area contributed by atoms with Gasteiger partial charge in [-0.2, -0.15) is 0 Å². The number of hydrogen-bond acceptors (Lipinski definition) is 3. The molecule has 0 N–H and O–H groups in total. The number of aromatic nitrogens is 1. The predicted molar refractivity (Wildman–Crippen MR) is 58.1 cm³/mol. The molecule has 0 unspecified atom stereocenters. The van der Waals surface area contributed by atoms with E-state index in [0.717, 1.165) is 6.20 Å². The van der Waals surface area contributed by atoms with Gasteiger partial charge in [-0.25, -0.2) is 13.8 Å². The molecule has 15 heavy (non-hydrogen) atoms. The van der Waals surface area contributed by atoms with E-state index in [0.29, 0.717) is 0 Å². The first-order valence-corrected chi connectivity index (χ1v) is 5.26. The van der Waals surface area contributed by atoms with Gasteiger partial charge < -0.3 is 0 Å². The van der Waals surface area contributed by atoms with Crippen LogP contribution in [0.5, 0.6) is 0 Å². The van der Waals surface area contributed by atoms with Crippen molar-refractivity contribution in [1.82, 2.24) is 4.98 Å². The summed E-state index contributed by atoms with van der Waals surface area (Å²) in [5, 5.41) is 10.5. The molecule has 0 saturated heterocycles. The second kappa shape index (κ2) is 4.97. The summed E-state index contributed by atoms with van der Waals surface area (Å²) in [6.07, 6.45) is -1.96. The fraction of sp³-hybridized carbons (Fsp3) is 0.286. The third-order valence-corrected chi connectivity index (χ3v) is 3.13. The Balaban J connectivity index is 3.39. The van der Waals surface area contributed by atoms with Crippen LogP contribution in [-0.2, 0) is 5.88 Å². The smallest absolute Gasteiger partial charge is 0.258 e. The molecule has 0 aliphatic heterocycles. The maximum Gasteiger partial charge on any atom is 0.293 e. The molecule has 0 amide bonds. The van der Waals surface area contributed by atoms with Gasteiger partial charge >= 0.3 is 0 Å². The lowest BCUT2D eigenvalue weighted by Gasteiger charge is -2.06. The third kappa shape index (κ3) is 2.51. The SMILES string of the molecule is O=[N+]([O-])c1cnc(C(F)F)c(I)c1CCl. The van der Waals surface area contributed by atoms with Gasteiger partial charge in [-0.05, 0) is 22.6 Å². The largest absolute Gasteiger partial charge is 0.293 e. The molecule has 0 bridgehead atoms. The summed E-state index contributed by atoms with van der Waals surface area (Å²) >= 11 is 7.06. The zero-order chi connectivity index (χ0) is 11.6. The Morgan fingerprint density at radius 3 is 2.67 bits per heavy atom. The normalized spacial score (nSPS) is 10.7. The highest BCUT2D eigenvalue weighted by Gasteiger charge is 2.23. The van der Waals surface area contributed by atoms with Crippen LogP contribution in [0, 0.1) is 13.7 Å². The Morgan fingerprint density at radius 2 is 2.27 bits per heavy atom. The zero-order valence-corrected chi connectivity index (χ0v) is 10.00. The minimum Gasteiger partial charge on any atom is -0.258 e. The molecule has 82 valence electrons. The van der Waals surface area contributed by atoms with Crippen molar-refractivity contribution in [3.8, 4) is 0 Å². The van der Waals surface area contributed by atoms with E-state index in [1.807, 2.05) is 0 Å². The van der Waals surface area contributed by atoms with Gasteiger partial charge in [0.25, 0.3) is 12.1 Å². The van der Waals surface area contributed by atoms with Crippen LogP contribution in [0.25, 0.3) is 0 Å². The van der Waals surface area contributed by atoms with Crippen LogP contribution in [0.15, 0.2) is 6.20 Å². The summed E-state index contributed by atoms with van der Waals surface area (Å²) in [7, 11) is 0. The lowest BCUT2D eigenvalue weighted by Crippen LogP contribution is -2.03. The summed E-state index contributed by atoms with van der Waals surface area (Å²) in [5.74, 6) is -0.198. The van der Waals surface area contributed by atoms with Crippen molar-refractivity contribution in [3.63, 3.8) is 0 Å². The standard InChI is InChI=1S/C7H4ClF2IN2O2/c8-1-3-4(13(14)15)2-12-6(5(3)11)7(9)10/h2,7H,1H2. The molecule has 0 radical (unpaired) electrons. The van der Waals surface area contributed by atoms with Crippen LogP contribution >= 0.6 is 34.2 Å². The molecular weight excluding hydrogens is 344 g/mol. The Morgan fingerprint density at radius 1 is 1.67 bits per heavy atom. The molecule has 4 nitrogen and oxygen atoms in total. The highest BCUT2D eigenvalue weighted by Crippen LogP contribution is 2.31. The van der Waals surface area contributed by atoms with Gasteiger partial charge in [-0.3, -0.25) is 10.1 Å². The van der Waals surface area contributed by atoms with Crippen LogP contribution in [0.1, 0.15) is 17.7 Å². The van der Waals surface area contributed by atoms with Crippen molar-refractivity contribution in [3.05, 3.63) is 31.1 Å². The number of nitrogens with zero attached hydrogens (tertiary/aromatic N) is 2. The molecular formula is C7H4ClF2IN2O2. The van der Waals surface area contributed by atoms with Crippen LogP contribution in [0.4, 0.5) is 14.5 Å². The summed E-state index contributed by atoms with van der Waals surface area (Å²) in [6.45, 7) is 0. The molecule has 1 aromatic heterocycles. The average Bonchev–Trinajstić information content (AvgIpc) is 2.16. The van der Waals surface area contributed by atoms with Crippen molar-refractivity contribution in [2.75, 3.05) is 0 Å². The van der Waals surface area contributed by atoms with Gasteiger partial charge in [0.05, 0.1) is 19.9 Å². The highest BCUT2D eigenvalue weighted by molar-refractivity contribution is 14.1. The molecule has 0 atom stereocenters. The Hall–Kier alpha value is -0.570. The van der Waals surface area contributed by atoms with Crippen molar-refractivity contribution >= 4 is 39.9 Å². The first-order chi connectivity index (χ1) is 6.99. The van der Waals surface area contributed by atoms with E-state index < -0.39 is 17.0 Å².